The minimum absolute atomic E-state index is 0.240. The first-order chi connectivity index (χ1) is 15.5. The molecule has 1 aromatic carbocycles. The van der Waals surface area contributed by atoms with Crippen LogP contribution in [0, 0.1) is 17.8 Å². The number of hydrogen-bond donors (Lipinski definition) is 0. The summed E-state index contributed by atoms with van der Waals surface area (Å²) >= 11 is 0. The number of carbonyl (C=O) groups excluding carboxylic acids is 1. The van der Waals surface area contributed by atoms with Crippen molar-refractivity contribution in [1.29, 1.82) is 0 Å². The summed E-state index contributed by atoms with van der Waals surface area (Å²) in [6.45, 7) is 10.2. The molecule has 3 aliphatic rings. The van der Waals surface area contributed by atoms with E-state index in [2.05, 4.69) is 61.9 Å². The van der Waals surface area contributed by atoms with Gasteiger partial charge in [0, 0.05) is 19.0 Å². The highest BCUT2D eigenvalue weighted by Gasteiger charge is 2.39. The zero-order valence-corrected chi connectivity index (χ0v) is 20.9. The van der Waals surface area contributed by atoms with Gasteiger partial charge in [-0.25, -0.2) is 0 Å². The van der Waals surface area contributed by atoms with Crippen molar-refractivity contribution in [1.82, 2.24) is 9.80 Å². The van der Waals surface area contributed by atoms with Crippen molar-refractivity contribution in [2.75, 3.05) is 26.7 Å². The second kappa shape index (κ2) is 10.5. The summed E-state index contributed by atoms with van der Waals surface area (Å²) in [4.78, 5) is 18.6. The lowest BCUT2D eigenvalue weighted by atomic mass is 9.78. The van der Waals surface area contributed by atoms with Gasteiger partial charge in [-0.15, -0.1) is 0 Å². The van der Waals surface area contributed by atoms with Crippen LogP contribution in [0.1, 0.15) is 83.3 Å². The normalized spacial score (nSPS) is 26.2. The fourth-order valence-corrected chi connectivity index (χ4v) is 6.76. The number of amides is 1. The molecule has 3 nitrogen and oxygen atoms in total. The minimum Gasteiger partial charge on any atom is -0.335 e. The monoisotopic (exact) mass is 436 g/mol. The number of hydrogen-bond acceptors (Lipinski definition) is 2. The van der Waals surface area contributed by atoms with Gasteiger partial charge in [0.2, 0.25) is 5.91 Å². The van der Waals surface area contributed by atoms with Gasteiger partial charge in [0.25, 0.3) is 0 Å². The van der Waals surface area contributed by atoms with E-state index in [9.17, 15) is 4.79 Å². The van der Waals surface area contributed by atoms with E-state index in [0.29, 0.717) is 11.8 Å². The summed E-state index contributed by atoms with van der Waals surface area (Å²) in [6, 6.07) is 9.28. The number of fused-ring (bicyclic) bond motifs is 2. The van der Waals surface area contributed by atoms with Crippen LogP contribution in [0.15, 0.2) is 29.8 Å². The van der Waals surface area contributed by atoms with Crippen LogP contribution in [0.3, 0.4) is 0 Å². The molecule has 0 spiro atoms. The average Bonchev–Trinajstić information content (AvgIpc) is 2.98. The Morgan fingerprint density at radius 2 is 1.84 bits per heavy atom. The predicted octanol–water partition coefficient (Wildman–Crippen LogP) is 6.18. The molecule has 0 saturated heterocycles. The van der Waals surface area contributed by atoms with Crippen LogP contribution in [-0.4, -0.2) is 48.4 Å². The van der Waals surface area contributed by atoms with E-state index in [1.54, 1.807) is 11.1 Å². The van der Waals surface area contributed by atoms with Gasteiger partial charge < -0.3 is 9.80 Å². The Labute approximate surface area is 196 Å². The van der Waals surface area contributed by atoms with E-state index in [-0.39, 0.29) is 12.0 Å². The molecule has 1 fully saturated rings. The minimum atomic E-state index is 0.240. The lowest BCUT2D eigenvalue weighted by molar-refractivity contribution is -0.139. The second-order valence-corrected chi connectivity index (χ2v) is 11.0. The lowest BCUT2D eigenvalue weighted by Crippen LogP contribution is -2.50. The molecule has 1 heterocycles. The number of aryl methyl sites for hydroxylation is 1. The molecule has 2 aliphatic carbocycles. The van der Waals surface area contributed by atoms with Gasteiger partial charge in [-0.1, -0.05) is 45.0 Å². The smallest absolute Gasteiger partial charge is 0.226 e. The SMILES string of the molecule is CCCN(C)CC1CCC(C(=O)N2CCC3=C(CCCc4ccccc43)C2C(C)C)CC1. The van der Waals surface area contributed by atoms with Gasteiger partial charge in [0.1, 0.15) is 0 Å². The molecule has 0 aromatic heterocycles. The Morgan fingerprint density at radius 1 is 1.09 bits per heavy atom. The van der Waals surface area contributed by atoms with Crippen LogP contribution in [0.2, 0.25) is 0 Å². The Bertz CT molecular complexity index is 818. The van der Waals surface area contributed by atoms with E-state index in [4.69, 9.17) is 0 Å². The van der Waals surface area contributed by atoms with Crippen LogP contribution in [0.5, 0.6) is 0 Å². The van der Waals surface area contributed by atoms with Crippen LogP contribution in [0.25, 0.3) is 5.57 Å². The molecule has 4 rings (SSSR count). The van der Waals surface area contributed by atoms with Crippen LogP contribution in [-0.2, 0) is 11.2 Å². The van der Waals surface area contributed by atoms with E-state index < -0.39 is 0 Å². The quantitative estimate of drug-likeness (QED) is 0.531. The maximum absolute atomic E-state index is 13.8. The predicted molar refractivity (Wildman–Crippen MR) is 134 cm³/mol. The summed E-state index contributed by atoms with van der Waals surface area (Å²) in [5, 5.41) is 0. The molecule has 176 valence electrons. The second-order valence-electron chi connectivity index (χ2n) is 11.0. The van der Waals surface area contributed by atoms with Crippen LogP contribution < -0.4 is 0 Å². The Hall–Kier alpha value is -1.61. The maximum atomic E-state index is 13.8. The highest BCUT2D eigenvalue weighted by molar-refractivity contribution is 5.83. The summed E-state index contributed by atoms with van der Waals surface area (Å²) in [7, 11) is 2.25. The van der Waals surface area contributed by atoms with Crippen molar-refractivity contribution >= 4 is 11.5 Å². The third-order valence-corrected chi connectivity index (χ3v) is 8.20. The van der Waals surface area contributed by atoms with Crippen molar-refractivity contribution in [2.24, 2.45) is 17.8 Å². The van der Waals surface area contributed by atoms with Crippen molar-refractivity contribution < 1.29 is 4.79 Å². The number of nitrogens with zero attached hydrogens (tertiary/aromatic N) is 2. The highest BCUT2D eigenvalue weighted by atomic mass is 16.2. The van der Waals surface area contributed by atoms with Crippen molar-refractivity contribution in [3.05, 3.63) is 41.0 Å². The standard InChI is InChI=1S/C29H44N2O/c1-5-18-30(4)20-22-13-15-24(16-14-22)29(32)31-19-17-26-25-11-7-6-9-23(25)10-8-12-27(26)28(31)21(2)3/h6-7,9,11,21-22,24,28H,5,8,10,12-20H2,1-4H3. The molecule has 0 bridgehead atoms. The largest absolute Gasteiger partial charge is 0.335 e. The van der Waals surface area contributed by atoms with Gasteiger partial charge in [-0.05, 0) is 105 Å². The number of rotatable bonds is 6. The Morgan fingerprint density at radius 3 is 2.56 bits per heavy atom. The lowest BCUT2D eigenvalue weighted by Gasteiger charge is -2.44. The van der Waals surface area contributed by atoms with E-state index in [1.807, 2.05) is 0 Å². The molecule has 1 atom stereocenters. The molecule has 1 aliphatic heterocycles. The highest BCUT2D eigenvalue weighted by Crippen LogP contribution is 2.42. The summed E-state index contributed by atoms with van der Waals surface area (Å²) in [5.41, 5.74) is 6.10. The average molecular weight is 437 g/mol. The Balaban J connectivity index is 1.48. The van der Waals surface area contributed by atoms with Gasteiger partial charge >= 0.3 is 0 Å². The van der Waals surface area contributed by atoms with Crippen molar-refractivity contribution in [3.63, 3.8) is 0 Å². The molecule has 1 aromatic rings. The zero-order chi connectivity index (χ0) is 22.7. The molecular formula is C29H44N2O. The molecule has 3 heteroatoms. The van der Waals surface area contributed by atoms with Crippen molar-refractivity contribution in [3.8, 4) is 0 Å². The van der Waals surface area contributed by atoms with E-state index >= 15 is 0 Å². The molecule has 1 saturated carbocycles. The first kappa shape index (κ1) is 23.5. The zero-order valence-electron chi connectivity index (χ0n) is 20.9. The molecule has 1 amide bonds. The van der Waals surface area contributed by atoms with Gasteiger partial charge in [0.05, 0.1) is 6.04 Å². The number of benzene rings is 1. The summed E-state index contributed by atoms with van der Waals surface area (Å²) in [5.74, 6) is 1.93. The summed E-state index contributed by atoms with van der Waals surface area (Å²) in [6.07, 6.45) is 10.4. The molecule has 1 unspecified atom stereocenters. The van der Waals surface area contributed by atoms with E-state index in [1.165, 1.54) is 56.3 Å². The fraction of sp³-hybridized carbons (Fsp3) is 0.690. The molecular weight excluding hydrogens is 392 g/mol. The third kappa shape index (κ3) is 4.98. The van der Waals surface area contributed by atoms with E-state index in [0.717, 1.165) is 38.1 Å². The molecule has 32 heavy (non-hydrogen) atoms. The summed E-state index contributed by atoms with van der Waals surface area (Å²) < 4.78 is 0. The van der Waals surface area contributed by atoms with Crippen molar-refractivity contribution in [2.45, 2.75) is 84.6 Å². The maximum Gasteiger partial charge on any atom is 0.226 e. The first-order valence-corrected chi connectivity index (χ1v) is 13.3. The Kier molecular flexibility index (Phi) is 7.76. The van der Waals surface area contributed by atoms with Gasteiger partial charge in [-0.3, -0.25) is 4.79 Å². The van der Waals surface area contributed by atoms with Gasteiger partial charge in [-0.2, -0.15) is 0 Å². The van der Waals surface area contributed by atoms with Crippen LogP contribution >= 0.6 is 0 Å². The van der Waals surface area contributed by atoms with Crippen LogP contribution in [0.4, 0.5) is 0 Å². The van der Waals surface area contributed by atoms with Gasteiger partial charge in [0.15, 0.2) is 0 Å². The fourth-order valence-electron chi connectivity index (χ4n) is 6.76. The number of carbonyl (C=O) groups is 1. The topological polar surface area (TPSA) is 23.6 Å². The third-order valence-electron chi connectivity index (χ3n) is 8.20. The first-order valence-electron chi connectivity index (χ1n) is 13.3. The molecule has 0 N–H and O–H groups in total. The molecule has 0 radical (unpaired) electrons.